The van der Waals surface area contributed by atoms with Crippen LogP contribution in [0.5, 0.6) is 0 Å². The SMILES string of the molecule is NC1(CN2CCS(=O)(=O)CC2)CC1. The van der Waals surface area contributed by atoms with Crippen LogP contribution < -0.4 is 5.73 Å². The summed E-state index contributed by atoms with van der Waals surface area (Å²) < 4.78 is 22.2. The van der Waals surface area contributed by atoms with Crippen molar-refractivity contribution in [2.24, 2.45) is 5.73 Å². The van der Waals surface area contributed by atoms with Crippen molar-refractivity contribution in [1.29, 1.82) is 0 Å². The number of sulfone groups is 1. The third-order valence-corrected chi connectivity index (χ3v) is 4.48. The predicted molar refractivity (Wildman–Crippen MR) is 51.2 cm³/mol. The van der Waals surface area contributed by atoms with Gasteiger partial charge in [-0.3, -0.25) is 4.90 Å². The van der Waals surface area contributed by atoms with Crippen molar-refractivity contribution < 1.29 is 8.42 Å². The minimum atomic E-state index is -2.73. The molecule has 0 amide bonds. The fourth-order valence-corrected chi connectivity index (χ4v) is 2.95. The van der Waals surface area contributed by atoms with Crippen LogP contribution in [0.3, 0.4) is 0 Å². The average molecular weight is 204 g/mol. The lowest BCUT2D eigenvalue weighted by Gasteiger charge is -2.28. The van der Waals surface area contributed by atoms with E-state index in [-0.39, 0.29) is 5.54 Å². The van der Waals surface area contributed by atoms with E-state index in [9.17, 15) is 8.42 Å². The van der Waals surface area contributed by atoms with Crippen molar-refractivity contribution in [2.45, 2.75) is 18.4 Å². The van der Waals surface area contributed by atoms with Gasteiger partial charge in [0.15, 0.2) is 9.84 Å². The molecule has 0 aromatic carbocycles. The molecule has 0 radical (unpaired) electrons. The minimum absolute atomic E-state index is 0.0150. The highest BCUT2D eigenvalue weighted by molar-refractivity contribution is 7.91. The van der Waals surface area contributed by atoms with Crippen molar-refractivity contribution in [3.05, 3.63) is 0 Å². The zero-order valence-electron chi connectivity index (χ0n) is 7.70. The zero-order valence-corrected chi connectivity index (χ0v) is 8.52. The van der Waals surface area contributed by atoms with Gasteiger partial charge in [-0.25, -0.2) is 8.42 Å². The summed E-state index contributed by atoms with van der Waals surface area (Å²) in [5, 5.41) is 0. The van der Waals surface area contributed by atoms with E-state index in [1.807, 2.05) is 0 Å². The zero-order chi connectivity index (χ0) is 9.53. The molecule has 0 bridgehead atoms. The number of rotatable bonds is 2. The summed E-state index contributed by atoms with van der Waals surface area (Å²) in [6.45, 7) is 2.21. The van der Waals surface area contributed by atoms with Gasteiger partial charge in [-0.2, -0.15) is 0 Å². The first-order valence-corrected chi connectivity index (χ1v) is 6.53. The molecule has 4 nitrogen and oxygen atoms in total. The monoisotopic (exact) mass is 204 g/mol. The van der Waals surface area contributed by atoms with Crippen molar-refractivity contribution in [2.75, 3.05) is 31.1 Å². The van der Waals surface area contributed by atoms with Crippen LogP contribution in [-0.2, 0) is 9.84 Å². The van der Waals surface area contributed by atoms with Gasteiger partial charge in [-0.05, 0) is 12.8 Å². The van der Waals surface area contributed by atoms with Crippen LogP contribution in [0.25, 0.3) is 0 Å². The first kappa shape index (κ1) is 9.43. The highest BCUT2D eigenvalue weighted by Crippen LogP contribution is 2.33. The molecule has 2 aliphatic rings. The molecule has 1 aliphatic heterocycles. The molecule has 2 fully saturated rings. The number of nitrogens with two attached hydrogens (primary N) is 1. The third kappa shape index (κ3) is 2.42. The number of nitrogens with zero attached hydrogens (tertiary/aromatic N) is 1. The van der Waals surface area contributed by atoms with E-state index in [4.69, 9.17) is 5.73 Å². The van der Waals surface area contributed by atoms with E-state index in [2.05, 4.69) is 4.90 Å². The highest BCUT2D eigenvalue weighted by Gasteiger charge is 2.40. The Hall–Kier alpha value is -0.130. The molecule has 0 aromatic rings. The van der Waals surface area contributed by atoms with E-state index in [0.717, 1.165) is 19.4 Å². The van der Waals surface area contributed by atoms with Gasteiger partial charge >= 0.3 is 0 Å². The van der Waals surface area contributed by atoms with E-state index in [1.165, 1.54) is 0 Å². The summed E-state index contributed by atoms with van der Waals surface area (Å²) >= 11 is 0. The van der Waals surface area contributed by atoms with Crippen molar-refractivity contribution >= 4 is 9.84 Å². The summed E-state index contributed by atoms with van der Waals surface area (Å²) in [7, 11) is -2.73. The quantitative estimate of drug-likeness (QED) is 0.640. The lowest BCUT2D eigenvalue weighted by molar-refractivity contribution is 0.269. The lowest BCUT2D eigenvalue weighted by atomic mass is 10.2. The molecule has 1 saturated carbocycles. The molecule has 76 valence electrons. The van der Waals surface area contributed by atoms with E-state index in [0.29, 0.717) is 24.6 Å². The lowest BCUT2D eigenvalue weighted by Crippen LogP contribution is -2.46. The maximum Gasteiger partial charge on any atom is 0.152 e. The Labute approximate surface area is 79.0 Å². The summed E-state index contributed by atoms with van der Waals surface area (Å²) in [6.07, 6.45) is 2.19. The van der Waals surface area contributed by atoms with Gasteiger partial charge in [0.05, 0.1) is 11.5 Å². The molecule has 0 aromatic heterocycles. The Kier molecular flexibility index (Phi) is 2.13. The maximum absolute atomic E-state index is 11.1. The van der Waals surface area contributed by atoms with Gasteiger partial charge in [0.25, 0.3) is 0 Å². The molecule has 0 unspecified atom stereocenters. The first-order chi connectivity index (χ1) is 5.99. The smallest absolute Gasteiger partial charge is 0.152 e. The second kappa shape index (κ2) is 2.93. The standard InChI is InChI=1S/C8H16N2O2S/c9-8(1-2-8)7-10-3-5-13(11,12)6-4-10/h1-7,9H2. The molecule has 1 heterocycles. The largest absolute Gasteiger partial charge is 0.324 e. The summed E-state index contributed by atoms with van der Waals surface area (Å²) in [6, 6.07) is 0. The molecular weight excluding hydrogens is 188 g/mol. The van der Waals surface area contributed by atoms with Gasteiger partial charge in [0.1, 0.15) is 0 Å². The molecule has 1 saturated heterocycles. The molecule has 2 rings (SSSR count). The van der Waals surface area contributed by atoms with Gasteiger partial charge in [0, 0.05) is 25.2 Å². The average Bonchev–Trinajstić information content (AvgIpc) is 2.74. The Morgan fingerprint density at radius 3 is 2.23 bits per heavy atom. The Morgan fingerprint density at radius 2 is 1.77 bits per heavy atom. The van der Waals surface area contributed by atoms with Crippen LogP contribution in [0.15, 0.2) is 0 Å². The second-order valence-electron chi connectivity index (χ2n) is 4.29. The predicted octanol–water partition coefficient (Wildman–Crippen LogP) is -0.792. The maximum atomic E-state index is 11.1. The molecule has 1 aliphatic carbocycles. The number of hydrogen-bond acceptors (Lipinski definition) is 4. The van der Waals surface area contributed by atoms with Crippen LogP contribution in [0.4, 0.5) is 0 Å². The normalized spacial score (nSPS) is 31.5. The van der Waals surface area contributed by atoms with E-state index in [1.54, 1.807) is 0 Å². The summed E-state index contributed by atoms with van der Waals surface area (Å²) in [5.74, 6) is 0.617. The molecule has 13 heavy (non-hydrogen) atoms. The Morgan fingerprint density at radius 1 is 1.23 bits per heavy atom. The number of hydrogen-bond donors (Lipinski definition) is 1. The van der Waals surface area contributed by atoms with Crippen molar-refractivity contribution in [3.63, 3.8) is 0 Å². The fourth-order valence-electron chi connectivity index (χ4n) is 1.67. The Bertz CT molecular complexity index is 281. The van der Waals surface area contributed by atoms with E-state index >= 15 is 0 Å². The van der Waals surface area contributed by atoms with Crippen molar-refractivity contribution in [1.82, 2.24) is 4.90 Å². The third-order valence-electron chi connectivity index (χ3n) is 2.87. The molecule has 0 spiro atoms. The first-order valence-electron chi connectivity index (χ1n) is 4.71. The van der Waals surface area contributed by atoms with Gasteiger partial charge in [-0.1, -0.05) is 0 Å². The van der Waals surface area contributed by atoms with Crippen LogP contribution in [0.1, 0.15) is 12.8 Å². The summed E-state index contributed by atoms with van der Waals surface area (Å²) in [5.41, 5.74) is 5.97. The van der Waals surface area contributed by atoms with Crippen molar-refractivity contribution in [3.8, 4) is 0 Å². The van der Waals surface area contributed by atoms with Gasteiger partial charge in [-0.15, -0.1) is 0 Å². The van der Waals surface area contributed by atoms with Crippen LogP contribution in [0, 0.1) is 0 Å². The fraction of sp³-hybridized carbons (Fsp3) is 1.00. The van der Waals surface area contributed by atoms with Gasteiger partial charge < -0.3 is 5.73 Å². The van der Waals surface area contributed by atoms with Gasteiger partial charge in [0.2, 0.25) is 0 Å². The van der Waals surface area contributed by atoms with Crippen LogP contribution in [0.2, 0.25) is 0 Å². The molecule has 0 atom stereocenters. The van der Waals surface area contributed by atoms with Crippen LogP contribution in [-0.4, -0.2) is 50.0 Å². The van der Waals surface area contributed by atoms with Crippen LogP contribution >= 0.6 is 0 Å². The highest BCUT2D eigenvalue weighted by atomic mass is 32.2. The second-order valence-corrected chi connectivity index (χ2v) is 6.59. The minimum Gasteiger partial charge on any atom is -0.324 e. The van der Waals surface area contributed by atoms with E-state index < -0.39 is 9.84 Å². The molecule has 2 N–H and O–H groups in total. The molecular formula is C8H16N2O2S. The topological polar surface area (TPSA) is 63.4 Å². The Balaban J connectivity index is 1.85. The summed E-state index contributed by atoms with van der Waals surface area (Å²) in [4.78, 5) is 2.17. The molecule has 5 heteroatoms.